The number of allylic oxidation sites excluding steroid dienone is 12. The number of hydrogen-bond donors (Lipinski definition) is 1. The van der Waals surface area contributed by atoms with Crippen LogP contribution in [0.1, 0.15) is 146 Å². The zero-order valence-corrected chi connectivity index (χ0v) is 33.2. The van der Waals surface area contributed by atoms with Crippen LogP contribution in [-0.2, 0) is 9.53 Å². The fourth-order valence-corrected chi connectivity index (χ4v) is 9.87. The number of ether oxygens (including phenoxy) is 1. The molecule has 1 N–H and O–H groups in total. The van der Waals surface area contributed by atoms with E-state index in [9.17, 15) is 9.90 Å². The van der Waals surface area contributed by atoms with Gasteiger partial charge in [0.2, 0.25) is 0 Å². The minimum Gasteiger partial charge on any atom is -0.454 e. The van der Waals surface area contributed by atoms with Gasteiger partial charge in [-0.2, -0.15) is 0 Å². The number of aliphatic hydroxyl groups excluding tert-OH is 1. The fraction of sp³-hybridized carbons (Fsp3) is 0.638. The molecule has 6 atom stereocenters. The van der Waals surface area contributed by atoms with Crippen molar-refractivity contribution in [1.82, 2.24) is 0 Å². The fourth-order valence-electron chi connectivity index (χ4n) is 9.87. The Labute approximate surface area is 306 Å². The quantitative estimate of drug-likeness (QED) is 0.127. The van der Waals surface area contributed by atoms with Gasteiger partial charge in [-0.1, -0.05) is 127 Å². The van der Waals surface area contributed by atoms with Crippen molar-refractivity contribution in [1.29, 1.82) is 0 Å². The summed E-state index contributed by atoms with van der Waals surface area (Å²) in [5, 5.41) is 10.8. The Bertz CT molecular complexity index is 1440. The van der Waals surface area contributed by atoms with Gasteiger partial charge in [-0.05, 0) is 135 Å². The van der Waals surface area contributed by atoms with Gasteiger partial charge in [0.05, 0.1) is 6.10 Å². The number of esters is 1. The van der Waals surface area contributed by atoms with Crippen LogP contribution in [0.5, 0.6) is 0 Å². The molecule has 1 unspecified atom stereocenters. The number of fused-ring (bicyclic) bond motifs is 1. The van der Waals surface area contributed by atoms with Crippen molar-refractivity contribution in [2.75, 3.05) is 0 Å². The van der Waals surface area contributed by atoms with Gasteiger partial charge < -0.3 is 9.84 Å². The van der Waals surface area contributed by atoms with Crippen LogP contribution < -0.4 is 0 Å². The van der Waals surface area contributed by atoms with Gasteiger partial charge in [-0.25, -0.2) is 4.79 Å². The molecule has 0 aromatic heterocycles. The van der Waals surface area contributed by atoms with Crippen LogP contribution in [0.15, 0.2) is 94.2 Å². The van der Waals surface area contributed by atoms with Crippen LogP contribution >= 0.6 is 0 Å². The molecule has 3 fully saturated rings. The smallest absolute Gasteiger partial charge is 0.331 e. The van der Waals surface area contributed by atoms with Crippen molar-refractivity contribution in [2.24, 2.45) is 34.5 Å². The molecule has 4 aliphatic rings. The summed E-state index contributed by atoms with van der Waals surface area (Å²) in [4.78, 5) is 13.0. The van der Waals surface area contributed by atoms with Gasteiger partial charge in [0.1, 0.15) is 6.10 Å². The monoisotopic (exact) mass is 683 g/mol. The van der Waals surface area contributed by atoms with Crippen LogP contribution in [0.2, 0.25) is 0 Å². The summed E-state index contributed by atoms with van der Waals surface area (Å²) in [6.45, 7) is 25.1. The van der Waals surface area contributed by atoms with E-state index in [4.69, 9.17) is 4.74 Å². The van der Waals surface area contributed by atoms with Gasteiger partial charge in [0.15, 0.2) is 0 Å². The van der Waals surface area contributed by atoms with Crippen LogP contribution in [-0.4, -0.2) is 23.3 Å². The molecule has 3 heteroatoms. The second-order valence-corrected chi connectivity index (χ2v) is 17.8. The van der Waals surface area contributed by atoms with E-state index in [0.717, 1.165) is 46.5 Å². The van der Waals surface area contributed by atoms with Crippen LogP contribution in [0, 0.1) is 34.5 Å². The molecule has 0 aliphatic heterocycles. The maximum atomic E-state index is 13.0. The zero-order valence-electron chi connectivity index (χ0n) is 33.2. The van der Waals surface area contributed by atoms with E-state index in [1.54, 1.807) is 5.57 Å². The first-order valence-electron chi connectivity index (χ1n) is 20.0. The van der Waals surface area contributed by atoms with Gasteiger partial charge >= 0.3 is 5.97 Å². The maximum absolute atomic E-state index is 13.0. The lowest BCUT2D eigenvalue weighted by atomic mass is 9.60. The molecule has 276 valence electrons. The highest BCUT2D eigenvalue weighted by Crippen LogP contribution is 2.60. The number of carbonyl (C=O) groups excluding carboxylic acids is 1. The third kappa shape index (κ3) is 10.5. The number of hydrogen-bond acceptors (Lipinski definition) is 3. The molecule has 4 rings (SSSR count). The summed E-state index contributed by atoms with van der Waals surface area (Å²) in [5.74, 6) is 2.62. The third-order valence-corrected chi connectivity index (χ3v) is 12.8. The lowest BCUT2D eigenvalue weighted by molar-refractivity contribution is -0.142. The Morgan fingerprint density at radius 2 is 1.74 bits per heavy atom. The number of rotatable bonds is 12. The zero-order chi connectivity index (χ0) is 36.6. The Kier molecular flexibility index (Phi) is 14.2. The highest BCUT2D eigenvalue weighted by molar-refractivity contribution is 5.83. The Balaban J connectivity index is 1.36. The standard InChI is InChI=1S/C47H70O3/c1-32(2)15-11-18-36(6)42-25-26-43-38(20-14-28-47(42,43)10)22-23-39-30-40(48)31-44(37(39)7)50-45(49)29-34(4)17-12-16-33(3)21-24-41-35(5)19-13-27-46(41,8)9/h12,16-17,21-24,29,32,36,40,42-44,48H,7,11,13-15,18-20,25-28,30-31H2,1-6,8-10H3/t36-,40-,42-,43?,44+,47-/m1/s1. The SMILES string of the molecule is C=C1C(=CC=C2CCC[C@@]3(C)C2CC[C@@H]3[C@H](C)CCCC(C)C)C[C@@H](O)C[C@@H]1OC(=O)C=C(C)C=CC=C(C)C=CC1=C(C)CCCC1(C)C. The normalized spacial score (nSPS) is 31.8. The first-order chi connectivity index (χ1) is 23.6. The Hall–Kier alpha value is -2.65. The molecule has 0 radical (unpaired) electrons. The van der Waals surface area contributed by atoms with Crippen LogP contribution in [0.3, 0.4) is 0 Å². The first-order valence-corrected chi connectivity index (χ1v) is 20.0. The largest absolute Gasteiger partial charge is 0.454 e. The summed E-state index contributed by atoms with van der Waals surface area (Å²) in [7, 11) is 0. The summed E-state index contributed by atoms with van der Waals surface area (Å²) in [5.41, 5.74) is 8.95. The van der Waals surface area contributed by atoms with Gasteiger partial charge in [0, 0.05) is 12.5 Å². The van der Waals surface area contributed by atoms with Crippen molar-refractivity contribution >= 4 is 5.97 Å². The highest BCUT2D eigenvalue weighted by Gasteiger charge is 2.50. The van der Waals surface area contributed by atoms with E-state index in [1.165, 1.54) is 81.4 Å². The van der Waals surface area contributed by atoms with E-state index in [2.05, 4.69) is 92.3 Å². The minimum absolute atomic E-state index is 0.227. The predicted molar refractivity (Wildman–Crippen MR) is 213 cm³/mol. The molecule has 0 amide bonds. The van der Waals surface area contributed by atoms with Crippen molar-refractivity contribution in [2.45, 2.75) is 158 Å². The average Bonchev–Trinajstić information content (AvgIpc) is 3.38. The number of carbonyl (C=O) groups is 1. The summed E-state index contributed by atoms with van der Waals surface area (Å²) in [6, 6.07) is 0. The molecule has 4 aliphatic carbocycles. The molecule has 3 saturated carbocycles. The van der Waals surface area contributed by atoms with Crippen molar-refractivity contribution in [3.63, 3.8) is 0 Å². The second kappa shape index (κ2) is 17.7. The molecule has 0 saturated heterocycles. The van der Waals surface area contributed by atoms with Crippen molar-refractivity contribution in [3.05, 3.63) is 94.2 Å². The summed E-state index contributed by atoms with van der Waals surface area (Å²) in [6.07, 6.45) is 30.5. The third-order valence-electron chi connectivity index (χ3n) is 12.8. The van der Waals surface area contributed by atoms with E-state index in [-0.39, 0.29) is 5.41 Å². The molecule has 0 aromatic carbocycles. The van der Waals surface area contributed by atoms with Crippen LogP contribution in [0.25, 0.3) is 0 Å². The lowest BCUT2D eigenvalue weighted by Crippen LogP contribution is -2.36. The Morgan fingerprint density at radius 3 is 2.46 bits per heavy atom. The van der Waals surface area contributed by atoms with Crippen molar-refractivity contribution in [3.8, 4) is 0 Å². The average molecular weight is 683 g/mol. The lowest BCUT2D eigenvalue weighted by Gasteiger charge is -2.44. The molecule has 0 bridgehead atoms. The molecular formula is C47H70O3. The predicted octanol–water partition coefficient (Wildman–Crippen LogP) is 12.7. The Morgan fingerprint density at radius 1 is 1.00 bits per heavy atom. The molecule has 3 nitrogen and oxygen atoms in total. The summed E-state index contributed by atoms with van der Waals surface area (Å²) < 4.78 is 5.90. The second-order valence-electron chi connectivity index (χ2n) is 17.8. The number of aliphatic hydroxyl groups is 1. The minimum atomic E-state index is -0.549. The van der Waals surface area contributed by atoms with E-state index in [0.29, 0.717) is 24.2 Å². The van der Waals surface area contributed by atoms with E-state index in [1.807, 2.05) is 19.1 Å². The highest BCUT2D eigenvalue weighted by atomic mass is 16.5. The topological polar surface area (TPSA) is 46.5 Å². The molecule has 0 spiro atoms. The molecule has 0 aromatic rings. The van der Waals surface area contributed by atoms with E-state index >= 15 is 0 Å². The van der Waals surface area contributed by atoms with Gasteiger partial charge in [0.25, 0.3) is 0 Å². The van der Waals surface area contributed by atoms with Gasteiger partial charge in [-0.3, -0.25) is 0 Å². The van der Waals surface area contributed by atoms with Gasteiger partial charge in [-0.15, -0.1) is 0 Å². The maximum Gasteiger partial charge on any atom is 0.331 e. The molecule has 0 heterocycles. The molecule has 50 heavy (non-hydrogen) atoms. The first kappa shape index (κ1) is 40.1. The van der Waals surface area contributed by atoms with Crippen LogP contribution in [0.4, 0.5) is 0 Å². The summed E-state index contributed by atoms with van der Waals surface area (Å²) >= 11 is 0. The van der Waals surface area contributed by atoms with Crippen molar-refractivity contribution < 1.29 is 14.6 Å². The van der Waals surface area contributed by atoms with E-state index < -0.39 is 18.2 Å². The molecular weight excluding hydrogens is 613 g/mol.